The fourth-order valence-corrected chi connectivity index (χ4v) is 2.04. The Morgan fingerprint density at radius 1 is 1.50 bits per heavy atom. The summed E-state index contributed by atoms with van der Waals surface area (Å²) in [5.74, 6) is 0. The Bertz CT molecular complexity index is 203. The van der Waals surface area contributed by atoms with Crippen molar-refractivity contribution in [2.45, 2.75) is 12.8 Å². The van der Waals surface area contributed by atoms with Crippen molar-refractivity contribution in [2.75, 3.05) is 6.61 Å². The van der Waals surface area contributed by atoms with Crippen LogP contribution in [0.5, 0.6) is 0 Å². The zero-order valence-electron chi connectivity index (χ0n) is 5.25. The van der Waals surface area contributed by atoms with E-state index in [2.05, 4.69) is 32.8 Å². The van der Waals surface area contributed by atoms with Gasteiger partial charge in [0.05, 0.1) is 0 Å². The van der Waals surface area contributed by atoms with Crippen LogP contribution in [0.2, 0.25) is 0 Å². The second-order valence-electron chi connectivity index (χ2n) is 1.78. The molecular weight excluding hydrogens is 263 g/mol. The first-order chi connectivity index (χ1) is 4.83. The molecule has 5 heteroatoms. The van der Waals surface area contributed by atoms with E-state index in [1.807, 2.05) is 0 Å². The van der Waals surface area contributed by atoms with E-state index in [0.29, 0.717) is 0 Å². The Morgan fingerprint density at radius 2 is 2.30 bits per heavy atom. The van der Waals surface area contributed by atoms with Gasteiger partial charge in [-0.3, -0.25) is 0 Å². The van der Waals surface area contributed by atoms with E-state index in [-0.39, 0.29) is 6.61 Å². The molecule has 0 aliphatic rings. The molecule has 0 aromatic carbocycles. The molecule has 0 unspecified atom stereocenters. The number of rotatable bonds is 3. The van der Waals surface area contributed by atoms with E-state index in [9.17, 15) is 0 Å². The molecule has 0 saturated carbocycles. The van der Waals surface area contributed by atoms with Gasteiger partial charge >= 0.3 is 0 Å². The first-order valence-corrected chi connectivity index (χ1v) is 4.81. The standard InChI is InChI=1S/C5H7IN2OS/c6-5-8-7-4(10-5)2-1-3-9/h9H,1-3H2. The molecule has 0 amide bonds. The van der Waals surface area contributed by atoms with Gasteiger partial charge in [0.1, 0.15) is 5.01 Å². The van der Waals surface area contributed by atoms with Crippen molar-refractivity contribution < 1.29 is 5.11 Å². The van der Waals surface area contributed by atoms with Crippen LogP contribution in [0.1, 0.15) is 11.4 Å². The molecule has 1 rings (SSSR count). The van der Waals surface area contributed by atoms with Crippen LogP contribution in [0.3, 0.4) is 0 Å². The zero-order valence-corrected chi connectivity index (χ0v) is 8.22. The van der Waals surface area contributed by atoms with E-state index >= 15 is 0 Å². The molecule has 10 heavy (non-hydrogen) atoms. The number of hydrogen-bond donors (Lipinski definition) is 1. The van der Waals surface area contributed by atoms with E-state index in [0.717, 1.165) is 20.9 Å². The van der Waals surface area contributed by atoms with Crippen LogP contribution >= 0.6 is 33.9 Å². The zero-order chi connectivity index (χ0) is 7.40. The van der Waals surface area contributed by atoms with Gasteiger partial charge in [0.25, 0.3) is 0 Å². The maximum atomic E-state index is 8.49. The van der Waals surface area contributed by atoms with Gasteiger partial charge in [0.15, 0.2) is 3.01 Å². The van der Waals surface area contributed by atoms with Crippen molar-refractivity contribution in [1.82, 2.24) is 10.2 Å². The minimum atomic E-state index is 0.232. The molecule has 0 bridgehead atoms. The van der Waals surface area contributed by atoms with Crippen molar-refractivity contribution in [2.24, 2.45) is 0 Å². The molecular formula is C5H7IN2OS. The molecule has 1 N–H and O–H groups in total. The largest absolute Gasteiger partial charge is 0.396 e. The third-order valence-corrected chi connectivity index (χ3v) is 2.64. The maximum Gasteiger partial charge on any atom is 0.178 e. The van der Waals surface area contributed by atoms with Crippen molar-refractivity contribution >= 4 is 33.9 Å². The summed E-state index contributed by atoms with van der Waals surface area (Å²) in [7, 11) is 0. The van der Waals surface area contributed by atoms with Gasteiger partial charge in [-0.2, -0.15) is 0 Å². The highest BCUT2D eigenvalue weighted by atomic mass is 127. The van der Waals surface area contributed by atoms with Gasteiger partial charge in [-0.05, 0) is 29.0 Å². The second kappa shape index (κ2) is 4.20. The lowest BCUT2D eigenvalue weighted by Crippen LogP contribution is -1.87. The molecule has 0 fully saturated rings. The molecule has 3 nitrogen and oxygen atoms in total. The Labute approximate surface area is 76.6 Å². The van der Waals surface area contributed by atoms with Crippen molar-refractivity contribution in [3.05, 3.63) is 8.02 Å². The lowest BCUT2D eigenvalue weighted by Gasteiger charge is -1.87. The molecule has 0 spiro atoms. The minimum Gasteiger partial charge on any atom is -0.396 e. The maximum absolute atomic E-state index is 8.49. The molecule has 0 aliphatic heterocycles. The van der Waals surface area contributed by atoms with Crippen LogP contribution in [0, 0.1) is 3.01 Å². The van der Waals surface area contributed by atoms with E-state index in [1.165, 1.54) is 0 Å². The van der Waals surface area contributed by atoms with Gasteiger partial charge in [-0.1, -0.05) is 11.3 Å². The molecule has 1 heterocycles. The summed E-state index contributed by atoms with van der Waals surface area (Å²) in [4.78, 5) is 0. The second-order valence-corrected chi connectivity index (χ2v) is 4.59. The third kappa shape index (κ3) is 2.47. The van der Waals surface area contributed by atoms with Crippen LogP contribution in [-0.2, 0) is 6.42 Å². The average Bonchev–Trinajstić information content (AvgIpc) is 2.31. The van der Waals surface area contributed by atoms with Crippen LogP contribution in [-0.4, -0.2) is 21.9 Å². The number of hydrogen-bond acceptors (Lipinski definition) is 4. The monoisotopic (exact) mass is 270 g/mol. The predicted octanol–water partition coefficient (Wildman–Crippen LogP) is 1.07. The highest BCUT2D eigenvalue weighted by Crippen LogP contribution is 2.12. The van der Waals surface area contributed by atoms with E-state index in [4.69, 9.17) is 5.11 Å². The summed E-state index contributed by atoms with van der Waals surface area (Å²) in [6, 6.07) is 0. The summed E-state index contributed by atoms with van der Waals surface area (Å²) >= 11 is 3.72. The Hall–Kier alpha value is 0.250. The van der Waals surface area contributed by atoms with E-state index < -0.39 is 0 Å². The summed E-state index contributed by atoms with van der Waals surface area (Å²) in [5, 5.41) is 17.2. The summed E-state index contributed by atoms with van der Waals surface area (Å²) in [5.41, 5.74) is 0. The smallest absolute Gasteiger partial charge is 0.178 e. The number of aryl methyl sites for hydroxylation is 1. The molecule has 1 aromatic rings. The Balaban J connectivity index is 2.42. The van der Waals surface area contributed by atoms with Crippen molar-refractivity contribution in [3.8, 4) is 0 Å². The third-order valence-electron chi connectivity index (χ3n) is 0.991. The number of nitrogens with zero attached hydrogens (tertiary/aromatic N) is 2. The predicted molar refractivity (Wildman–Crippen MR) is 48.0 cm³/mol. The summed E-state index contributed by atoms with van der Waals surface area (Å²) < 4.78 is 0.963. The van der Waals surface area contributed by atoms with Crippen molar-refractivity contribution in [3.63, 3.8) is 0 Å². The molecule has 56 valence electrons. The van der Waals surface area contributed by atoms with Gasteiger partial charge in [-0.15, -0.1) is 10.2 Å². The lowest BCUT2D eigenvalue weighted by molar-refractivity contribution is 0.288. The normalized spacial score (nSPS) is 10.2. The quantitative estimate of drug-likeness (QED) is 0.836. The molecule has 0 radical (unpaired) electrons. The van der Waals surface area contributed by atoms with Crippen LogP contribution in [0.15, 0.2) is 0 Å². The average molecular weight is 270 g/mol. The topological polar surface area (TPSA) is 46.0 Å². The number of aliphatic hydroxyl groups excluding tert-OH is 1. The van der Waals surface area contributed by atoms with Crippen LogP contribution < -0.4 is 0 Å². The number of aromatic nitrogens is 2. The first kappa shape index (κ1) is 8.35. The molecule has 0 aliphatic carbocycles. The lowest BCUT2D eigenvalue weighted by atomic mass is 10.3. The summed E-state index contributed by atoms with van der Waals surface area (Å²) in [6.45, 7) is 0.232. The van der Waals surface area contributed by atoms with Crippen molar-refractivity contribution in [1.29, 1.82) is 0 Å². The number of aliphatic hydroxyl groups is 1. The molecule has 1 aromatic heterocycles. The van der Waals surface area contributed by atoms with Gasteiger partial charge in [-0.25, -0.2) is 0 Å². The fraction of sp³-hybridized carbons (Fsp3) is 0.600. The number of halogens is 1. The van der Waals surface area contributed by atoms with Gasteiger partial charge in [0, 0.05) is 13.0 Å². The highest BCUT2D eigenvalue weighted by molar-refractivity contribution is 14.1. The first-order valence-electron chi connectivity index (χ1n) is 2.91. The van der Waals surface area contributed by atoms with Gasteiger partial charge < -0.3 is 5.11 Å². The van der Waals surface area contributed by atoms with Crippen LogP contribution in [0.4, 0.5) is 0 Å². The molecule has 0 atom stereocenters. The highest BCUT2D eigenvalue weighted by Gasteiger charge is 1.98. The van der Waals surface area contributed by atoms with E-state index in [1.54, 1.807) is 11.3 Å². The Morgan fingerprint density at radius 3 is 2.80 bits per heavy atom. The summed E-state index contributed by atoms with van der Waals surface area (Å²) in [6.07, 6.45) is 1.63. The SMILES string of the molecule is OCCCc1nnc(I)s1. The van der Waals surface area contributed by atoms with Gasteiger partial charge in [0.2, 0.25) is 0 Å². The minimum absolute atomic E-state index is 0.232. The van der Waals surface area contributed by atoms with Crippen LogP contribution in [0.25, 0.3) is 0 Å². The molecule has 0 saturated heterocycles. The Kier molecular flexibility index (Phi) is 3.50. The fourth-order valence-electron chi connectivity index (χ4n) is 0.564.